The van der Waals surface area contributed by atoms with Crippen molar-refractivity contribution in [2.24, 2.45) is 0 Å². The quantitative estimate of drug-likeness (QED) is 0.786. The number of rotatable bonds is 3. The first-order chi connectivity index (χ1) is 7.23. The first kappa shape index (κ1) is 13.1. The molecule has 1 rings (SSSR count). The molecule has 16 heavy (non-hydrogen) atoms. The van der Waals surface area contributed by atoms with Crippen molar-refractivity contribution in [3.8, 4) is 0 Å². The highest BCUT2D eigenvalue weighted by molar-refractivity contribution is 7.92. The van der Waals surface area contributed by atoms with Crippen LogP contribution in [-0.4, -0.2) is 25.7 Å². The highest BCUT2D eigenvalue weighted by atomic mass is 35.5. The molecular weight excluding hydrogens is 255 g/mol. The summed E-state index contributed by atoms with van der Waals surface area (Å²) in [6, 6.07) is 3.50. The second kappa shape index (κ2) is 4.51. The van der Waals surface area contributed by atoms with Crippen LogP contribution in [0.25, 0.3) is 0 Å². The SMILES string of the molecule is CC(C(=O)c1ccc(Cl)cc1F)S(C)(=O)=O. The molecule has 0 spiro atoms. The summed E-state index contributed by atoms with van der Waals surface area (Å²) in [6.45, 7) is 1.23. The predicted octanol–water partition coefficient (Wildman–Crippen LogP) is 2.09. The second-order valence-electron chi connectivity index (χ2n) is 3.46. The maximum Gasteiger partial charge on any atom is 0.183 e. The summed E-state index contributed by atoms with van der Waals surface area (Å²) >= 11 is 5.52. The van der Waals surface area contributed by atoms with Crippen molar-refractivity contribution in [1.82, 2.24) is 0 Å². The molecule has 0 amide bonds. The van der Waals surface area contributed by atoms with Crippen molar-refractivity contribution in [2.45, 2.75) is 12.2 Å². The van der Waals surface area contributed by atoms with E-state index in [1.807, 2.05) is 0 Å². The number of Topliss-reactive ketones (excluding diaryl/α,β-unsaturated/α-hetero) is 1. The van der Waals surface area contributed by atoms with Gasteiger partial charge in [0.2, 0.25) is 0 Å². The fourth-order valence-corrected chi connectivity index (χ4v) is 1.78. The molecule has 1 aromatic rings. The number of hydrogen-bond acceptors (Lipinski definition) is 3. The molecule has 1 atom stereocenters. The smallest absolute Gasteiger partial charge is 0.183 e. The van der Waals surface area contributed by atoms with Crippen LogP contribution in [0.3, 0.4) is 0 Å². The molecule has 1 unspecified atom stereocenters. The van der Waals surface area contributed by atoms with Gasteiger partial charge < -0.3 is 0 Å². The zero-order chi connectivity index (χ0) is 12.5. The molecule has 0 saturated carbocycles. The van der Waals surface area contributed by atoms with E-state index in [-0.39, 0.29) is 10.6 Å². The van der Waals surface area contributed by atoms with Gasteiger partial charge in [0.15, 0.2) is 15.6 Å². The molecule has 0 aliphatic rings. The average Bonchev–Trinajstić information content (AvgIpc) is 2.14. The summed E-state index contributed by atoms with van der Waals surface area (Å²) in [4.78, 5) is 11.7. The lowest BCUT2D eigenvalue weighted by Gasteiger charge is -2.08. The van der Waals surface area contributed by atoms with Crippen molar-refractivity contribution in [3.05, 3.63) is 34.6 Å². The van der Waals surface area contributed by atoms with Gasteiger partial charge in [0.1, 0.15) is 11.1 Å². The van der Waals surface area contributed by atoms with Gasteiger partial charge in [-0.05, 0) is 25.1 Å². The normalized spacial score (nSPS) is 13.5. The Hall–Kier alpha value is -0.940. The van der Waals surface area contributed by atoms with Gasteiger partial charge in [-0.1, -0.05) is 11.6 Å². The molecular formula is C10H10ClFO3S. The van der Waals surface area contributed by atoms with Crippen LogP contribution in [0.15, 0.2) is 18.2 Å². The molecule has 0 aliphatic carbocycles. The van der Waals surface area contributed by atoms with Crippen molar-refractivity contribution >= 4 is 27.2 Å². The first-order valence-corrected chi connectivity index (χ1v) is 6.75. The molecule has 0 N–H and O–H groups in total. The van der Waals surface area contributed by atoms with E-state index < -0.39 is 26.7 Å². The number of ketones is 1. The molecule has 0 fully saturated rings. The predicted molar refractivity (Wildman–Crippen MR) is 60.0 cm³/mol. The van der Waals surface area contributed by atoms with E-state index in [1.54, 1.807) is 0 Å². The van der Waals surface area contributed by atoms with Crippen LogP contribution in [0.5, 0.6) is 0 Å². The van der Waals surface area contributed by atoms with Gasteiger partial charge in [-0.15, -0.1) is 0 Å². The summed E-state index contributed by atoms with van der Waals surface area (Å²) < 4.78 is 35.7. The van der Waals surface area contributed by atoms with Crippen LogP contribution in [0.2, 0.25) is 5.02 Å². The molecule has 3 nitrogen and oxygen atoms in total. The molecule has 0 radical (unpaired) electrons. The van der Waals surface area contributed by atoms with E-state index >= 15 is 0 Å². The van der Waals surface area contributed by atoms with Crippen LogP contribution in [-0.2, 0) is 9.84 Å². The Kier molecular flexibility index (Phi) is 3.70. The van der Waals surface area contributed by atoms with Crippen molar-refractivity contribution in [1.29, 1.82) is 0 Å². The van der Waals surface area contributed by atoms with Gasteiger partial charge in [-0.2, -0.15) is 0 Å². The Labute approximate surface area is 98.1 Å². The molecule has 0 heterocycles. The lowest BCUT2D eigenvalue weighted by Crippen LogP contribution is -2.27. The van der Waals surface area contributed by atoms with Crippen LogP contribution >= 0.6 is 11.6 Å². The molecule has 0 aromatic heterocycles. The van der Waals surface area contributed by atoms with Gasteiger partial charge >= 0.3 is 0 Å². The van der Waals surface area contributed by atoms with Gasteiger partial charge in [0.05, 0.1) is 5.56 Å². The van der Waals surface area contributed by atoms with E-state index in [9.17, 15) is 17.6 Å². The maximum atomic E-state index is 13.3. The van der Waals surface area contributed by atoms with Crippen LogP contribution in [0.1, 0.15) is 17.3 Å². The topological polar surface area (TPSA) is 51.2 Å². The molecule has 0 saturated heterocycles. The van der Waals surface area contributed by atoms with Crippen molar-refractivity contribution in [3.63, 3.8) is 0 Å². The van der Waals surface area contributed by atoms with Gasteiger partial charge in [0.25, 0.3) is 0 Å². The Morgan fingerprint density at radius 3 is 2.44 bits per heavy atom. The number of carbonyl (C=O) groups excluding carboxylic acids is 1. The van der Waals surface area contributed by atoms with E-state index in [1.165, 1.54) is 19.1 Å². The Morgan fingerprint density at radius 2 is 2.00 bits per heavy atom. The molecule has 6 heteroatoms. The minimum absolute atomic E-state index is 0.154. The second-order valence-corrected chi connectivity index (χ2v) is 6.26. The van der Waals surface area contributed by atoms with E-state index in [0.717, 1.165) is 12.3 Å². The first-order valence-electron chi connectivity index (χ1n) is 4.41. The third-order valence-corrected chi connectivity index (χ3v) is 3.94. The fraction of sp³-hybridized carbons (Fsp3) is 0.300. The molecule has 0 aliphatic heterocycles. The fourth-order valence-electron chi connectivity index (χ4n) is 1.10. The summed E-state index contributed by atoms with van der Waals surface area (Å²) in [5.74, 6) is -1.58. The lowest BCUT2D eigenvalue weighted by atomic mass is 10.1. The number of carbonyl (C=O) groups is 1. The average molecular weight is 265 g/mol. The molecule has 88 valence electrons. The highest BCUT2D eigenvalue weighted by Gasteiger charge is 2.26. The zero-order valence-electron chi connectivity index (χ0n) is 8.70. The lowest BCUT2D eigenvalue weighted by molar-refractivity contribution is 0.0988. The number of benzene rings is 1. The van der Waals surface area contributed by atoms with E-state index in [4.69, 9.17) is 11.6 Å². The number of sulfone groups is 1. The van der Waals surface area contributed by atoms with Crippen molar-refractivity contribution < 1.29 is 17.6 Å². The largest absolute Gasteiger partial charge is 0.293 e. The third-order valence-electron chi connectivity index (χ3n) is 2.21. The van der Waals surface area contributed by atoms with E-state index in [2.05, 4.69) is 0 Å². The van der Waals surface area contributed by atoms with Gasteiger partial charge in [-0.25, -0.2) is 12.8 Å². The Balaban J connectivity index is 3.16. The minimum Gasteiger partial charge on any atom is -0.293 e. The monoisotopic (exact) mass is 264 g/mol. The third kappa shape index (κ3) is 2.80. The van der Waals surface area contributed by atoms with Gasteiger partial charge in [-0.3, -0.25) is 4.79 Å². The van der Waals surface area contributed by atoms with Crippen LogP contribution < -0.4 is 0 Å². The Bertz CT molecular complexity index is 525. The summed E-state index contributed by atoms with van der Waals surface area (Å²) in [6.07, 6.45) is 0.934. The van der Waals surface area contributed by atoms with Crippen LogP contribution in [0.4, 0.5) is 4.39 Å². The zero-order valence-corrected chi connectivity index (χ0v) is 10.3. The minimum atomic E-state index is -3.53. The summed E-state index contributed by atoms with van der Waals surface area (Å²) in [7, 11) is -3.53. The molecule has 0 bridgehead atoms. The highest BCUT2D eigenvalue weighted by Crippen LogP contribution is 2.17. The standard InChI is InChI=1S/C10H10ClFO3S/c1-6(16(2,14)15)10(13)8-4-3-7(11)5-9(8)12/h3-6H,1-2H3. The number of hydrogen-bond donors (Lipinski definition) is 0. The summed E-state index contributed by atoms with van der Waals surface area (Å²) in [5, 5.41) is -1.11. The molecule has 1 aromatic carbocycles. The number of halogens is 2. The van der Waals surface area contributed by atoms with Crippen molar-refractivity contribution in [2.75, 3.05) is 6.26 Å². The maximum absolute atomic E-state index is 13.3. The Morgan fingerprint density at radius 1 is 1.44 bits per heavy atom. The van der Waals surface area contributed by atoms with Crippen LogP contribution in [0, 0.1) is 5.82 Å². The van der Waals surface area contributed by atoms with E-state index in [0.29, 0.717) is 0 Å². The van der Waals surface area contributed by atoms with Gasteiger partial charge in [0, 0.05) is 11.3 Å². The summed E-state index contributed by atoms with van der Waals surface area (Å²) in [5.41, 5.74) is -0.262.